The SMILES string of the molecule is Cc1ccc(C(=O)Nc2cc(-c3cccs3)nn2-c2nc(C)c(C)c(=O)[nH]2)cc1C. The minimum atomic E-state index is -0.261. The summed E-state index contributed by atoms with van der Waals surface area (Å²) in [6.45, 7) is 7.45. The number of benzene rings is 1. The standard InChI is InChI=1S/C22H21N5O2S/c1-12-7-8-16(10-13(12)2)21(29)24-19-11-17(18-6-5-9-30-18)26-27(19)22-23-15(4)14(3)20(28)25-22/h5-11H,1-4H3,(H,24,29)(H,23,25,28). The van der Waals surface area contributed by atoms with Gasteiger partial charge in [0.15, 0.2) is 0 Å². The summed E-state index contributed by atoms with van der Waals surface area (Å²) in [5.41, 5.74) is 4.30. The second-order valence-corrected chi connectivity index (χ2v) is 8.10. The van der Waals surface area contributed by atoms with Crippen LogP contribution >= 0.6 is 11.3 Å². The first-order valence-electron chi connectivity index (χ1n) is 9.44. The molecule has 152 valence electrons. The van der Waals surface area contributed by atoms with Gasteiger partial charge in [-0.05, 0) is 62.4 Å². The van der Waals surface area contributed by atoms with Crippen molar-refractivity contribution in [3.05, 3.63) is 80.1 Å². The molecule has 7 nitrogen and oxygen atoms in total. The highest BCUT2D eigenvalue weighted by molar-refractivity contribution is 7.13. The summed E-state index contributed by atoms with van der Waals surface area (Å²) in [5.74, 6) is 0.414. The monoisotopic (exact) mass is 419 g/mol. The Morgan fingerprint density at radius 3 is 2.57 bits per heavy atom. The Labute approximate surface area is 177 Å². The Bertz CT molecular complexity index is 1300. The maximum absolute atomic E-state index is 12.9. The Morgan fingerprint density at radius 2 is 1.90 bits per heavy atom. The summed E-state index contributed by atoms with van der Waals surface area (Å²) >= 11 is 1.54. The third kappa shape index (κ3) is 3.69. The van der Waals surface area contributed by atoms with Crippen LogP contribution in [0.3, 0.4) is 0 Å². The number of hydrogen-bond donors (Lipinski definition) is 2. The van der Waals surface area contributed by atoms with Crippen molar-refractivity contribution in [2.45, 2.75) is 27.7 Å². The van der Waals surface area contributed by atoms with E-state index in [9.17, 15) is 9.59 Å². The molecule has 0 spiro atoms. The second kappa shape index (κ2) is 7.72. The van der Waals surface area contributed by atoms with Crippen LogP contribution < -0.4 is 10.9 Å². The summed E-state index contributed by atoms with van der Waals surface area (Å²) in [7, 11) is 0. The highest BCUT2D eigenvalue weighted by Crippen LogP contribution is 2.27. The number of H-pyrrole nitrogens is 1. The number of rotatable bonds is 4. The van der Waals surface area contributed by atoms with Crippen LogP contribution in [0.15, 0.2) is 46.6 Å². The Balaban J connectivity index is 1.79. The molecule has 0 bridgehead atoms. The fourth-order valence-electron chi connectivity index (χ4n) is 2.98. The van der Waals surface area contributed by atoms with E-state index in [1.165, 1.54) is 16.0 Å². The number of carbonyl (C=O) groups excluding carboxylic acids is 1. The first kappa shape index (κ1) is 19.8. The molecule has 1 amide bonds. The zero-order valence-corrected chi connectivity index (χ0v) is 17.9. The molecule has 0 aliphatic rings. The van der Waals surface area contributed by atoms with Gasteiger partial charge in [0.2, 0.25) is 5.95 Å². The summed E-state index contributed by atoms with van der Waals surface area (Å²) < 4.78 is 1.46. The normalized spacial score (nSPS) is 10.9. The minimum absolute atomic E-state index is 0.239. The molecular weight excluding hydrogens is 398 g/mol. The van der Waals surface area contributed by atoms with Gasteiger partial charge in [-0.1, -0.05) is 12.1 Å². The predicted molar refractivity (Wildman–Crippen MR) is 119 cm³/mol. The lowest BCUT2D eigenvalue weighted by Gasteiger charge is -2.10. The number of thiophene rings is 1. The van der Waals surface area contributed by atoms with E-state index in [1.54, 1.807) is 26.0 Å². The van der Waals surface area contributed by atoms with Crippen molar-refractivity contribution in [3.8, 4) is 16.5 Å². The molecule has 0 saturated carbocycles. The maximum Gasteiger partial charge on any atom is 0.256 e. The number of aryl methyl sites for hydroxylation is 3. The van der Waals surface area contributed by atoms with Crippen LogP contribution in [0.25, 0.3) is 16.5 Å². The van der Waals surface area contributed by atoms with Crippen molar-refractivity contribution in [2.24, 2.45) is 0 Å². The second-order valence-electron chi connectivity index (χ2n) is 7.16. The lowest BCUT2D eigenvalue weighted by atomic mass is 10.1. The number of carbonyl (C=O) groups is 1. The molecule has 3 aromatic heterocycles. The molecule has 0 aliphatic heterocycles. The van der Waals surface area contributed by atoms with E-state index in [0.29, 0.717) is 28.3 Å². The number of hydrogen-bond acceptors (Lipinski definition) is 5. The number of aromatic nitrogens is 4. The van der Waals surface area contributed by atoms with E-state index in [1.807, 2.05) is 43.5 Å². The van der Waals surface area contributed by atoms with Gasteiger partial charge in [-0.15, -0.1) is 11.3 Å². The molecule has 0 saturated heterocycles. The van der Waals surface area contributed by atoms with Crippen LogP contribution in [0.2, 0.25) is 0 Å². The van der Waals surface area contributed by atoms with Crippen LogP contribution in [0.5, 0.6) is 0 Å². The van der Waals surface area contributed by atoms with Crippen molar-refractivity contribution < 1.29 is 4.79 Å². The lowest BCUT2D eigenvalue weighted by molar-refractivity contribution is 0.102. The van der Waals surface area contributed by atoms with Gasteiger partial charge in [-0.25, -0.2) is 4.98 Å². The van der Waals surface area contributed by atoms with E-state index in [2.05, 4.69) is 20.4 Å². The van der Waals surface area contributed by atoms with Crippen molar-refractivity contribution in [2.75, 3.05) is 5.32 Å². The highest BCUT2D eigenvalue weighted by atomic mass is 32.1. The minimum Gasteiger partial charge on any atom is -0.306 e. The van der Waals surface area contributed by atoms with Crippen LogP contribution in [0.1, 0.15) is 32.7 Å². The Kier molecular flexibility index (Phi) is 5.09. The molecule has 2 N–H and O–H groups in total. The molecule has 4 aromatic rings. The van der Waals surface area contributed by atoms with Crippen LogP contribution in [-0.2, 0) is 0 Å². The van der Waals surface area contributed by atoms with Gasteiger partial charge in [-0.2, -0.15) is 9.78 Å². The molecule has 1 aromatic carbocycles. The quantitative estimate of drug-likeness (QED) is 0.519. The predicted octanol–water partition coefficient (Wildman–Crippen LogP) is 4.17. The molecule has 0 radical (unpaired) electrons. The number of aromatic amines is 1. The van der Waals surface area contributed by atoms with E-state index in [4.69, 9.17) is 0 Å². The maximum atomic E-state index is 12.9. The van der Waals surface area contributed by atoms with Gasteiger partial charge in [-0.3, -0.25) is 14.6 Å². The molecule has 0 atom stereocenters. The largest absolute Gasteiger partial charge is 0.306 e. The molecule has 3 heterocycles. The third-order valence-electron chi connectivity index (χ3n) is 5.08. The van der Waals surface area contributed by atoms with Gasteiger partial charge in [0.1, 0.15) is 11.5 Å². The smallest absolute Gasteiger partial charge is 0.256 e. The summed E-state index contributed by atoms with van der Waals surface area (Å²) in [5, 5.41) is 9.46. The molecular formula is C22H21N5O2S. The van der Waals surface area contributed by atoms with Crippen molar-refractivity contribution >= 4 is 23.1 Å². The van der Waals surface area contributed by atoms with Crippen molar-refractivity contribution in [3.63, 3.8) is 0 Å². The van der Waals surface area contributed by atoms with E-state index in [-0.39, 0.29) is 17.4 Å². The van der Waals surface area contributed by atoms with Crippen LogP contribution in [0, 0.1) is 27.7 Å². The summed E-state index contributed by atoms with van der Waals surface area (Å²) in [6.07, 6.45) is 0. The number of anilines is 1. The van der Waals surface area contributed by atoms with Gasteiger partial charge in [0.25, 0.3) is 11.5 Å². The third-order valence-corrected chi connectivity index (χ3v) is 5.97. The zero-order valence-electron chi connectivity index (χ0n) is 17.1. The summed E-state index contributed by atoms with van der Waals surface area (Å²) in [4.78, 5) is 33.3. The molecule has 0 fully saturated rings. The molecule has 4 rings (SSSR count). The fraction of sp³-hybridized carbons (Fsp3) is 0.182. The first-order valence-corrected chi connectivity index (χ1v) is 10.3. The Morgan fingerprint density at radius 1 is 1.10 bits per heavy atom. The van der Waals surface area contributed by atoms with Gasteiger partial charge >= 0.3 is 0 Å². The summed E-state index contributed by atoms with van der Waals surface area (Å²) in [6, 6.07) is 11.2. The van der Waals surface area contributed by atoms with Crippen LogP contribution in [-0.4, -0.2) is 25.7 Å². The van der Waals surface area contributed by atoms with Crippen molar-refractivity contribution in [1.82, 2.24) is 19.7 Å². The molecule has 30 heavy (non-hydrogen) atoms. The van der Waals surface area contributed by atoms with E-state index < -0.39 is 0 Å². The number of nitrogens with one attached hydrogen (secondary N) is 2. The topological polar surface area (TPSA) is 92.7 Å². The van der Waals surface area contributed by atoms with Gasteiger partial charge < -0.3 is 5.32 Å². The molecule has 8 heteroatoms. The van der Waals surface area contributed by atoms with Gasteiger partial charge in [0.05, 0.1) is 4.88 Å². The van der Waals surface area contributed by atoms with Crippen LogP contribution in [0.4, 0.5) is 5.82 Å². The number of nitrogens with zero attached hydrogens (tertiary/aromatic N) is 3. The molecule has 0 aliphatic carbocycles. The first-order chi connectivity index (χ1) is 14.3. The van der Waals surface area contributed by atoms with Crippen molar-refractivity contribution in [1.29, 1.82) is 0 Å². The van der Waals surface area contributed by atoms with E-state index >= 15 is 0 Å². The average molecular weight is 420 g/mol. The van der Waals surface area contributed by atoms with Gasteiger partial charge in [0, 0.05) is 22.9 Å². The number of amides is 1. The Hall–Kier alpha value is -3.52. The molecule has 0 unspecified atom stereocenters. The average Bonchev–Trinajstić information content (AvgIpc) is 3.37. The lowest BCUT2D eigenvalue weighted by Crippen LogP contribution is -2.20. The van der Waals surface area contributed by atoms with E-state index in [0.717, 1.165) is 16.0 Å². The zero-order chi connectivity index (χ0) is 21.4. The fourth-order valence-corrected chi connectivity index (χ4v) is 3.66. The highest BCUT2D eigenvalue weighted by Gasteiger charge is 2.18.